The van der Waals surface area contributed by atoms with Crippen molar-refractivity contribution < 1.29 is 55.7 Å². The predicted molar refractivity (Wildman–Crippen MR) is 139 cm³/mol. The largest absolute Gasteiger partial charge is 0.490 e. The molecule has 10 nitrogen and oxygen atoms in total. The summed E-state index contributed by atoms with van der Waals surface area (Å²) >= 11 is 0. The molecule has 42 heavy (non-hydrogen) atoms. The first kappa shape index (κ1) is 34.8. The van der Waals surface area contributed by atoms with E-state index in [1.807, 2.05) is 35.2 Å². The van der Waals surface area contributed by atoms with Gasteiger partial charge in [0.25, 0.3) is 5.91 Å². The first-order chi connectivity index (χ1) is 19.4. The quantitative estimate of drug-likeness (QED) is 0.448. The van der Waals surface area contributed by atoms with Crippen LogP contribution >= 0.6 is 0 Å². The molecule has 1 atom stereocenters. The summed E-state index contributed by atoms with van der Waals surface area (Å²) in [5.41, 5.74) is 1.76. The molecule has 2 saturated heterocycles. The van der Waals surface area contributed by atoms with Gasteiger partial charge in [0.05, 0.1) is 13.2 Å². The number of carboxylic acids is 2. The molecular weight excluding hydrogens is 578 g/mol. The lowest BCUT2D eigenvalue weighted by Crippen LogP contribution is -2.52. The van der Waals surface area contributed by atoms with Crippen molar-refractivity contribution in [2.45, 2.75) is 25.2 Å². The lowest BCUT2D eigenvalue weighted by Gasteiger charge is -2.43. The number of carbonyl (C=O) groups is 3. The number of fused-ring (bicyclic) bond motifs is 1. The summed E-state index contributed by atoms with van der Waals surface area (Å²) in [4.78, 5) is 41.1. The number of H-pyrrole nitrogens is 1. The van der Waals surface area contributed by atoms with Crippen molar-refractivity contribution in [1.29, 1.82) is 0 Å². The summed E-state index contributed by atoms with van der Waals surface area (Å²) in [6.07, 6.45) is -8.00. The summed E-state index contributed by atoms with van der Waals surface area (Å²) in [7, 11) is 4.23. The first-order valence-corrected chi connectivity index (χ1v) is 12.9. The number of aromatic amines is 1. The van der Waals surface area contributed by atoms with Gasteiger partial charge in [0, 0.05) is 55.6 Å². The number of amides is 1. The van der Waals surface area contributed by atoms with Crippen LogP contribution in [0, 0.1) is 5.41 Å². The monoisotopic (exact) mass is 612 g/mol. The Bertz CT molecular complexity index is 1140. The molecule has 1 aromatic heterocycles. The van der Waals surface area contributed by atoms with Crippen LogP contribution in [0.15, 0.2) is 30.3 Å². The van der Waals surface area contributed by atoms with Gasteiger partial charge < -0.3 is 29.7 Å². The highest BCUT2D eigenvalue weighted by atomic mass is 19.4. The Morgan fingerprint density at radius 3 is 2.14 bits per heavy atom. The minimum Gasteiger partial charge on any atom is -0.475 e. The van der Waals surface area contributed by atoms with Gasteiger partial charge >= 0.3 is 24.3 Å². The SMILES string of the molecule is CN(C)CCN1CCOCC2(CCCN(C(=O)c3cc4ccccc4[nH]3)C2)C1.O=C(O)C(F)(F)F.O=C(O)C(F)(F)F. The highest BCUT2D eigenvalue weighted by Crippen LogP contribution is 2.34. The van der Waals surface area contributed by atoms with Crippen molar-refractivity contribution in [3.63, 3.8) is 0 Å². The van der Waals surface area contributed by atoms with E-state index in [1.165, 1.54) is 0 Å². The minimum absolute atomic E-state index is 0.0444. The number of rotatable bonds is 4. The predicted octanol–water partition coefficient (Wildman–Crippen LogP) is 3.55. The maximum absolute atomic E-state index is 13.2. The molecule has 1 amide bonds. The molecule has 2 aliphatic rings. The number of likely N-dealkylation sites (tertiary alicyclic amines) is 1. The maximum atomic E-state index is 13.2. The molecule has 0 saturated carbocycles. The third-order valence-electron chi connectivity index (χ3n) is 6.58. The van der Waals surface area contributed by atoms with Crippen LogP contribution in [0.2, 0.25) is 0 Å². The highest BCUT2D eigenvalue weighted by molar-refractivity contribution is 5.98. The topological polar surface area (TPSA) is 126 Å². The zero-order valence-electron chi connectivity index (χ0n) is 23.1. The Morgan fingerprint density at radius 2 is 1.60 bits per heavy atom. The summed E-state index contributed by atoms with van der Waals surface area (Å²) in [6, 6.07) is 10.0. The van der Waals surface area contributed by atoms with E-state index in [1.54, 1.807) is 0 Å². The summed E-state index contributed by atoms with van der Waals surface area (Å²) in [5, 5.41) is 15.3. The highest BCUT2D eigenvalue weighted by Gasteiger charge is 2.41. The Morgan fingerprint density at radius 1 is 1.00 bits per heavy atom. The van der Waals surface area contributed by atoms with Gasteiger partial charge in [0.1, 0.15) is 5.69 Å². The van der Waals surface area contributed by atoms with Gasteiger partial charge in [-0.25, -0.2) is 9.59 Å². The lowest BCUT2D eigenvalue weighted by atomic mass is 9.80. The molecular formula is C26H34F6N4O6. The van der Waals surface area contributed by atoms with E-state index >= 15 is 0 Å². The number of para-hydroxylation sites is 1. The normalized spacial score (nSPS) is 19.9. The number of piperidine rings is 1. The molecule has 16 heteroatoms. The molecule has 0 bridgehead atoms. The number of nitrogens with zero attached hydrogens (tertiary/aromatic N) is 3. The van der Waals surface area contributed by atoms with Crippen molar-refractivity contribution in [2.24, 2.45) is 5.41 Å². The van der Waals surface area contributed by atoms with Crippen LogP contribution in [-0.4, -0.2) is 127 Å². The molecule has 2 aliphatic heterocycles. The van der Waals surface area contributed by atoms with Crippen LogP contribution in [0.4, 0.5) is 26.3 Å². The Balaban J connectivity index is 0.000000367. The molecule has 1 unspecified atom stereocenters. The van der Waals surface area contributed by atoms with E-state index in [2.05, 4.69) is 28.9 Å². The number of nitrogens with one attached hydrogen (secondary N) is 1. The van der Waals surface area contributed by atoms with Gasteiger partial charge in [0.15, 0.2) is 0 Å². The van der Waals surface area contributed by atoms with Gasteiger partial charge in [0.2, 0.25) is 0 Å². The molecule has 236 valence electrons. The summed E-state index contributed by atoms with van der Waals surface area (Å²) in [6.45, 7) is 7.23. The fourth-order valence-electron chi connectivity index (χ4n) is 4.60. The molecule has 2 fully saturated rings. The number of carbonyl (C=O) groups excluding carboxylic acids is 1. The average Bonchev–Trinajstić information content (AvgIpc) is 3.24. The number of hydrogen-bond donors (Lipinski definition) is 3. The van der Waals surface area contributed by atoms with Crippen LogP contribution in [0.1, 0.15) is 23.3 Å². The van der Waals surface area contributed by atoms with Crippen molar-refractivity contribution in [3.8, 4) is 0 Å². The second-order valence-electron chi connectivity index (χ2n) is 10.3. The summed E-state index contributed by atoms with van der Waals surface area (Å²) in [5.74, 6) is -5.40. The number of aromatic nitrogens is 1. The molecule has 1 spiro atoms. The van der Waals surface area contributed by atoms with E-state index in [9.17, 15) is 31.1 Å². The molecule has 4 rings (SSSR count). The second kappa shape index (κ2) is 14.7. The average molecular weight is 613 g/mol. The molecule has 3 heterocycles. The Labute approximate surface area is 237 Å². The zero-order chi connectivity index (χ0) is 31.7. The van der Waals surface area contributed by atoms with E-state index in [0.29, 0.717) is 5.69 Å². The number of alkyl halides is 6. The van der Waals surface area contributed by atoms with Gasteiger partial charge in [-0.05, 0) is 39.1 Å². The lowest BCUT2D eigenvalue weighted by molar-refractivity contribution is -0.193. The molecule has 0 aliphatic carbocycles. The molecule has 3 N–H and O–H groups in total. The van der Waals surface area contributed by atoms with Crippen LogP contribution in [0.5, 0.6) is 0 Å². The molecule has 0 radical (unpaired) electrons. The second-order valence-corrected chi connectivity index (χ2v) is 10.3. The number of aliphatic carboxylic acids is 2. The first-order valence-electron chi connectivity index (χ1n) is 12.9. The van der Waals surface area contributed by atoms with Crippen LogP contribution in [0.25, 0.3) is 10.9 Å². The smallest absolute Gasteiger partial charge is 0.475 e. The van der Waals surface area contributed by atoms with E-state index in [4.69, 9.17) is 24.5 Å². The minimum atomic E-state index is -5.08. The Kier molecular flexibility index (Phi) is 12.2. The van der Waals surface area contributed by atoms with Crippen LogP contribution in [-0.2, 0) is 14.3 Å². The van der Waals surface area contributed by atoms with E-state index < -0.39 is 24.3 Å². The van der Waals surface area contributed by atoms with Crippen LogP contribution in [0.3, 0.4) is 0 Å². The van der Waals surface area contributed by atoms with Crippen molar-refractivity contribution in [3.05, 3.63) is 36.0 Å². The van der Waals surface area contributed by atoms with E-state index in [-0.39, 0.29) is 11.3 Å². The number of benzene rings is 1. The fourth-order valence-corrected chi connectivity index (χ4v) is 4.60. The zero-order valence-corrected chi connectivity index (χ0v) is 23.1. The molecule has 2 aromatic rings. The maximum Gasteiger partial charge on any atom is 0.490 e. The third kappa shape index (κ3) is 10.8. The number of hydrogen-bond acceptors (Lipinski definition) is 6. The Hall–Kier alpha value is -3.37. The third-order valence-corrected chi connectivity index (χ3v) is 6.58. The summed E-state index contributed by atoms with van der Waals surface area (Å²) < 4.78 is 69.5. The van der Waals surface area contributed by atoms with Gasteiger partial charge in [-0.1, -0.05) is 18.2 Å². The number of ether oxygens (including phenoxy) is 1. The fraction of sp³-hybridized carbons (Fsp3) is 0.577. The molecule has 1 aromatic carbocycles. The number of likely N-dealkylation sites (N-methyl/N-ethyl adjacent to an activating group) is 1. The van der Waals surface area contributed by atoms with Gasteiger partial charge in [-0.15, -0.1) is 0 Å². The van der Waals surface area contributed by atoms with Crippen molar-refractivity contribution >= 4 is 28.7 Å². The number of halogens is 6. The van der Waals surface area contributed by atoms with Crippen molar-refractivity contribution in [1.82, 2.24) is 19.7 Å². The van der Waals surface area contributed by atoms with E-state index in [0.717, 1.165) is 76.2 Å². The van der Waals surface area contributed by atoms with Crippen molar-refractivity contribution in [2.75, 3.05) is 66.6 Å². The standard InChI is InChI=1S/C22H32N4O2.2C2HF3O2/c1-24(2)10-11-25-12-13-28-17-22(15-25)8-5-9-26(16-22)21(27)20-14-18-6-3-4-7-19(18)23-20;2*3-2(4,5)1(6)7/h3-4,6-7,14,23H,5,8-13,15-17H2,1-2H3;2*(H,6,7). The van der Waals surface area contributed by atoms with Gasteiger partial charge in [-0.2, -0.15) is 26.3 Å². The van der Waals surface area contributed by atoms with Gasteiger partial charge in [-0.3, -0.25) is 9.69 Å². The number of carboxylic acid groups (broad SMARTS) is 2. The van der Waals surface area contributed by atoms with Crippen LogP contribution < -0.4 is 0 Å².